The molecule has 4 rings (SSSR count). The minimum atomic E-state index is -3.53. The number of thiophene rings is 1. The summed E-state index contributed by atoms with van der Waals surface area (Å²) in [6.45, 7) is 5.21. The van der Waals surface area contributed by atoms with Crippen LogP contribution in [0.2, 0.25) is 0 Å². The smallest absolute Gasteiger partial charge is 0.252 e. The highest BCUT2D eigenvalue weighted by Crippen LogP contribution is 2.29. The number of hydrogen-bond donors (Lipinski definition) is 1. The molecule has 0 radical (unpaired) electrons. The van der Waals surface area contributed by atoms with E-state index in [0.717, 1.165) is 30.0 Å². The van der Waals surface area contributed by atoms with Crippen LogP contribution in [-0.4, -0.2) is 44.8 Å². The van der Waals surface area contributed by atoms with E-state index >= 15 is 0 Å². The molecular formula is C22H29N3O3S2. The lowest BCUT2D eigenvalue weighted by molar-refractivity contribution is -0.126. The summed E-state index contributed by atoms with van der Waals surface area (Å²) in [6.07, 6.45) is 3.83. The maximum atomic E-state index is 12.9. The Kier molecular flexibility index (Phi) is 6.46. The van der Waals surface area contributed by atoms with Crippen LogP contribution in [0, 0.1) is 12.8 Å². The van der Waals surface area contributed by atoms with Gasteiger partial charge in [0.1, 0.15) is 4.21 Å². The quantitative estimate of drug-likeness (QED) is 0.737. The van der Waals surface area contributed by atoms with E-state index in [1.54, 1.807) is 6.07 Å². The Bertz CT molecular complexity index is 997. The van der Waals surface area contributed by atoms with Crippen molar-refractivity contribution in [3.05, 3.63) is 46.8 Å². The van der Waals surface area contributed by atoms with Crippen molar-refractivity contribution < 1.29 is 13.2 Å². The first kappa shape index (κ1) is 21.3. The molecule has 2 saturated heterocycles. The minimum Gasteiger partial charge on any atom is -0.371 e. The molecule has 1 unspecified atom stereocenters. The predicted octanol–water partition coefficient (Wildman–Crippen LogP) is 3.37. The van der Waals surface area contributed by atoms with Crippen molar-refractivity contribution in [3.63, 3.8) is 0 Å². The van der Waals surface area contributed by atoms with E-state index in [2.05, 4.69) is 22.3 Å². The van der Waals surface area contributed by atoms with Gasteiger partial charge in [0.05, 0.1) is 5.92 Å². The number of para-hydroxylation sites is 1. The lowest BCUT2D eigenvalue weighted by atomic mass is 9.98. The number of piperidine rings is 1. The number of nitrogens with zero attached hydrogens (tertiary/aromatic N) is 2. The van der Waals surface area contributed by atoms with E-state index in [9.17, 15) is 13.2 Å². The standard InChI is InChI=1S/C22H29N3O3S2/c1-17-10-11-21(29-17)30(27,28)25-14-6-8-19(16-25)22(26)23-15-18-7-2-3-9-20(18)24-12-4-5-13-24/h2-3,7,9-11,19H,4-6,8,12-16H2,1H3,(H,23,26). The second-order valence-electron chi connectivity index (χ2n) is 8.11. The summed E-state index contributed by atoms with van der Waals surface area (Å²) >= 11 is 1.28. The highest BCUT2D eigenvalue weighted by Gasteiger charge is 2.34. The molecule has 8 heteroatoms. The summed E-state index contributed by atoms with van der Waals surface area (Å²) < 4.78 is 27.7. The number of carbonyl (C=O) groups excluding carboxylic acids is 1. The third-order valence-corrected chi connectivity index (χ3v) is 9.29. The zero-order valence-corrected chi connectivity index (χ0v) is 19.0. The number of anilines is 1. The number of hydrogen-bond acceptors (Lipinski definition) is 5. The Morgan fingerprint density at radius 1 is 1.10 bits per heavy atom. The van der Waals surface area contributed by atoms with Gasteiger partial charge in [-0.3, -0.25) is 4.79 Å². The van der Waals surface area contributed by atoms with Gasteiger partial charge in [0.15, 0.2) is 0 Å². The van der Waals surface area contributed by atoms with Crippen molar-refractivity contribution in [3.8, 4) is 0 Å². The van der Waals surface area contributed by atoms with Crippen LogP contribution in [0.1, 0.15) is 36.1 Å². The molecule has 0 bridgehead atoms. The fraction of sp³-hybridized carbons (Fsp3) is 0.500. The first-order valence-corrected chi connectivity index (χ1v) is 12.9. The first-order chi connectivity index (χ1) is 14.4. The van der Waals surface area contributed by atoms with Crippen molar-refractivity contribution in [1.29, 1.82) is 0 Å². The molecule has 1 aromatic carbocycles. The number of carbonyl (C=O) groups is 1. The van der Waals surface area contributed by atoms with Crippen LogP contribution in [0.25, 0.3) is 0 Å². The largest absolute Gasteiger partial charge is 0.371 e. The van der Waals surface area contributed by atoms with Crippen LogP contribution >= 0.6 is 11.3 Å². The zero-order valence-electron chi connectivity index (χ0n) is 17.3. The van der Waals surface area contributed by atoms with E-state index in [4.69, 9.17) is 0 Å². The number of benzene rings is 1. The van der Waals surface area contributed by atoms with Crippen molar-refractivity contribution in [2.45, 2.75) is 43.4 Å². The monoisotopic (exact) mass is 447 g/mol. The van der Waals surface area contributed by atoms with Gasteiger partial charge in [-0.25, -0.2) is 8.42 Å². The maximum Gasteiger partial charge on any atom is 0.252 e. The first-order valence-electron chi connectivity index (χ1n) is 10.6. The maximum absolute atomic E-state index is 12.9. The fourth-order valence-electron chi connectivity index (χ4n) is 4.31. The van der Waals surface area contributed by atoms with Crippen LogP contribution in [0.5, 0.6) is 0 Å². The molecule has 6 nitrogen and oxygen atoms in total. The van der Waals surface area contributed by atoms with Gasteiger partial charge in [-0.05, 0) is 56.4 Å². The number of nitrogens with one attached hydrogen (secondary N) is 1. The summed E-state index contributed by atoms with van der Waals surface area (Å²) in [5.41, 5.74) is 2.30. The molecule has 2 aliphatic rings. The van der Waals surface area contributed by atoms with E-state index in [1.807, 2.05) is 25.1 Å². The molecule has 0 aliphatic carbocycles. The summed E-state index contributed by atoms with van der Waals surface area (Å²) in [5, 5.41) is 3.06. The van der Waals surface area contributed by atoms with Gasteiger partial charge >= 0.3 is 0 Å². The van der Waals surface area contributed by atoms with Gasteiger partial charge in [-0.15, -0.1) is 11.3 Å². The normalized spacial score (nSPS) is 20.4. The van der Waals surface area contributed by atoms with Crippen molar-refractivity contribution >= 4 is 33.0 Å². The van der Waals surface area contributed by atoms with Gasteiger partial charge in [0, 0.05) is 43.3 Å². The van der Waals surface area contributed by atoms with Crippen LogP contribution in [0.3, 0.4) is 0 Å². The predicted molar refractivity (Wildman–Crippen MR) is 120 cm³/mol. The van der Waals surface area contributed by atoms with E-state index in [-0.39, 0.29) is 18.4 Å². The van der Waals surface area contributed by atoms with Gasteiger partial charge < -0.3 is 10.2 Å². The average Bonchev–Trinajstić information content (AvgIpc) is 3.44. The molecule has 1 amide bonds. The molecule has 2 aromatic rings. The Balaban J connectivity index is 1.40. The van der Waals surface area contributed by atoms with Gasteiger partial charge in [-0.2, -0.15) is 4.31 Å². The van der Waals surface area contributed by atoms with Gasteiger partial charge in [0.25, 0.3) is 10.0 Å². The summed E-state index contributed by atoms with van der Waals surface area (Å²) in [5.74, 6) is -0.373. The molecule has 0 saturated carbocycles. The molecule has 2 aliphatic heterocycles. The molecular weight excluding hydrogens is 418 g/mol. The zero-order chi connectivity index (χ0) is 21.1. The van der Waals surface area contributed by atoms with Gasteiger partial charge in [-0.1, -0.05) is 18.2 Å². The molecule has 1 aromatic heterocycles. The number of sulfonamides is 1. The summed E-state index contributed by atoms with van der Waals surface area (Å²) in [7, 11) is -3.53. The van der Waals surface area contributed by atoms with E-state index < -0.39 is 10.0 Å². The molecule has 30 heavy (non-hydrogen) atoms. The highest BCUT2D eigenvalue weighted by atomic mass is 32.2. The van der Waals surface area contributed by atoms with Crippen LogP contribution < -0.4 is 10.2 Å². The van der Waals surface area contributed by atoms with E-state index in [1.165, 1.54) is 34.2 Å². The minimum absolute atomic E-state index is 0.0616. The van der Waals surface area contributed by atoms with Crippen molar-refractivity contribution in [2.24, 2.45) is 5.92 Å². The topological polar surface area (TPSA) is 69.7 Å². The molecule has 162 valence electrons. The van der Waals surface area contributed by atoms with Crippen LogP contribution in [0.4, 0.5) is 5.69 Å². The lowest BCUT2D eigenvalue weighted by Gasteiger charge is -2.31. The third kappa shape index (κ3) is 4.55. The number of rotatable bonds is 6. The van der Waals surface area contributed by atoms with Crippen molar-refractivity contribution in [1.82, 2.24) is 9.62 Å². The highest BCUT2D eigenvalue weighted by molar-refractivity contribution is 7.91. The Morgan fingerprint density at radius 2 is 1.87 bits per heavy atom. The van der Waals surface area contributed by atoms with E-state index in [0.29, 0.717) is 23.7 Å². The summed E-state index contributed by atoms with van der Waals surface area (Å²) in [6, 6.07) is 11.7. The summed E-state index contributed by atoms with van der Waals surface area (Å²) in [4.78, 5) is 16.2. The van der Waals surface area contributed by atoms with Crippen LogP contribution in [0.15, 0.2) is 40.6 Å². The number of amides is 1. The fourth-order valence-corrected chi connectivity index (χ4v) is 7.27. The van der Waals surface area contributed by atoms with Crippen LogP contribution in [-0.2, 0) is 21.4 Å². The second-order valence-corrected chi connectivity index (χ2v) is 11.6. The number of aryl methyl sites for hydroxylation is 1. The second kappa shape index (κ2) is 9.08. The van der Waals surface area contributed by atoms with Crippen molar-refractivity contribution in [2.75, 3.05) is 31.1 Å². The van der Waals surface area contributed by atoms with Gasteiger partial charge in [0.2, 0.25) is 5.91 Å². The molecule has 2 fully saturated rings. The Hall–Kier alpha value is -1.90. The lowest BCUT2D eigenvalue weighted by Crippen LogP contribution is -2.45. The SMILES string of the molecule is Cc1ccc(S(=O)(=O)N2CCCC(C(=O)NCc3ccccc3N3CCCC3)C2)s1. The third-order valence-electron chi connectivity index (χ3n) is 5.96. The molecule has 1 atom stereocenters. The Morgan fingerprint density at radius 3 is 2.60 bits per heavy atom. The molecule has 3 heterocycles. The molecule has 1 N–H and O–H groups in total. The Labute approximate surface area is 182 Å². The molecule has 0 spiro atoms. The average molecular weight is 448 g/mol.